The van der Waals surface area contributed by atoms with Crippen LogP contribution in [0.15, 0.2) is 18.2 Å². The molecule has 1 amide bonds. The lowest BCUT2D eigenvalue weighted by Gasteiger charge is -2.24. The Balaban J connectivity index is 2.08. The molecular weight excluding hydrogens is 242 g/mol. The van der Waals surface area contributed by atoms with Crippen molar-refractivity contribution in [2.45, 2.75) is 33.7 Å². The minimum atomic E-state index is 0.0777. The summed E-state index contributed by atoms with van der Waals surface area (Å²) >= 11 is 0. The van der Waals surface area contributed by atoms with Crippen LogP contribution in [0.3, 0.4) is 0 Å². The summed E-state index contributed by atoms with van der Waals surface area (Å²) in [5.41, 5.74) is 1.07. The van der Waals surface area contributed by atoms with Gasteiger partial charge in [-0.3, -0.25) is 4.79 Å². The van der Waals surface area contributed by atoms with Gasteiger partial charge in [0.25, 0.3) is 0 Å². The Morgan fingerprint density at radius 3 is 2.74 bits per heavy atom. The summed E-state index contributed by atoms with van der Waals surface area (Å²) in [5.74, 6) is 1.83. The van der Waals surface area contributed by atoms with Crippen LogP contribution in [0, 0.1) is 5.92 Å². The Labute approximate surface area is 114 Å². The molecule has 19 heavy (non-hydrogen) atoms. The lowest BCUT2D eigenvalue weighted by Crippen LogP contribution is -2.34. The SMILES string of the molecule is CCC(C)C(=O)N(CC)Cc1ccc2c(c1)OCO2. The van der Waals surface area contributed by atoms with Crippen LogP contribution in [0.1, 0.15) is 32.8 Å². The molecule has 1 unspecified atom stereocenters. The molecule has 0 bridgehead atoms. The first-order valence-electron chi connectivity index (χ1n) is 6.83. The van der Waals surface area contributed by atoms with Crippen molar-refractivity contribution >= 4 is 5.91 Å². The molecule has 4 heteroatoms. The number of amides is 1. The Hall–Kier alpha value is -1.71. The number of hydrogen-bond acceptors (Lipinski definition) is 3. The van der Waals surface area contributed by atoms with Gasteiger partial charge in [0, 0.05) is 19.0 Å². The van der Waals surface area contributed by atoms with E-state index in [2.05, 4.69) is 0 Å². The maximum atomic E-state index is 12.2. The van der Waals surface area contributed by atoms with E-state index in [0.717, 1.165) is 30.0 Å². The van der Waals surface area contributed by atoms with E-state index >= 15 is 0 Å². The minimum Gasteiger partial charge on any atom is -0.454 e. The first-order valence-corrected chi connectivity index (χ1v) is 6.83. The molecule has 0 fully saturated rings. The van der Waals surface area contributed by atoms with Crippen molar-refractivity contribution < 1.29 is 14.3 Å². The van der Waals surface area contributed by atoms with Gasteiger partial charge >= 0.3 is 0 Å². The van der Waals surface area contributed by atoms with Gasteiger partial charge in [-0.05, 0) is 31.0 Å². The van der Waals surface area contributed by atoms with Crippen LogP contribution in [0.5, 0.6) is 11.5 Å². The van der Waals surface area contributed by atoms with Gasteiger partial charge in [-0.25, -0.2) is 0 Å². The summed E-state index contributed by atoms with van der Waals surface area (Å²) in [5, 5.41) is 0. The molecule has 1 aliphatic rings. The smallest absolute Gasteiger partial charge is 0.231 e. The lowest BCUT2D eigenvalue weighted by atomic mass is 10.1. The van der Waals surface area contributed by atoms with Gasteiger partial charge in [0.1, 0.15) is 0 Å². The molecule has 2 rings (SSSR count). The van der Waals surface area contributed by atoms with E-state index in [4.69, 9.17) is 9.47 Å². The lowest BCUT2D eigenvalue weighted by molar-refractivity contribution is -0.135. The fourth-order valence-electron chi connectivity index (χ4n) is 2.09. The number of rotatable bonds is 5. The second-order valence-corrected chi connectivity index (χ2v) is 4.85. The van der Waals surface area contributed by atoms with Crippen LogP contribution >= 0.6 is 0 Å². The van der Waals surface area contributed by atoms with E-state index < -0.39 is 0 Å². The number of carbonyl (C=O) groups excluding carboxylic acids is 1. The van der Waals surface area contributed by atoms with Gasteiger partial charge in [0.15, 0.2) is 11.5 Å². The van der Waals surface area contributed by atoms with Crippen LogP contribution in [0.25, 0.3) is 0 Å². The summed E-state index contributed by atoms with van der Waals surface area (Å²) in [6.45, 7) is 7.64. The third-order valence-corrected chi connectivity index (χ3v) is 3.54. The van der Waals surface area contributed by atoms with E-state index in [9.17, 15) is 4.79 Å². The molecule has 0 saturated carbocycles. The molecule has 0 saturated heterocycles. The molecule has 0 aliphatic carbocycles. The number of ether oxygens (including phenoxy) is 2. The van der Waals surface area contributed by atoms with Crippen LogP contribution < -0.4 is 9.47 Å². The van der Waals surface area contributed by atoms with E-state index in [1.807, 2.05) is 43.9 Å². The molecule has 0 aromatic heterocycles. The monoisotopic (exact) mass is 263 g/mol. The summed E-state index contributed by atoms with van der Waals surface area (Å²) in [6, 6.07) is 5.84. The highest BCUT2D eigenvalue weighted by atomic mass is 16.7. The fourth-order valence-corrected chi connectivity index (χ4v) is 2.09. The highest BCUT2D eigenvalue weighted by molar-refractivity contribution is 5.78. The van der Waals surface area contributed by atoms with E-state index in [-0.39, 0.29) is 18.6 Å². The first-order chi connectivity index (χ1) is 9.15. The van der Waals surface area contributed by atoms with Crippen molar-refractivity contribution in [3.63, 3.8) is 0 Å². The van der Waals surface area contributed by atoms with Crippen LogP contribution in [0.4, 0.5) is 0 Å². The number of benzene rings is 1. The zero-order valence-corrected chi connectivity index (χ0v) is 11.8. The third kappa shape index (κ3) is 3.00. The molecule has 1 atom stereocenters. The molecule has 104 valence electrons. The maximum absolute atomic E-state index is 12.2. The number of carbonyl (C=O) groups is 1. The summed E-state index contributed by atoms with van der Waals surface area (Å²) in [6.07, 6.45) is 0.872. The third-order valence-electron chi connectivity index (χ3n) is 3.54. The van der Waals surface area contributed by atoms with Gasteiger partial charge < -0.3 is 14.4 Å². The Bertz CT molecular complexity index is 459. The van der Waals surface area contributed by atoms with E-state index in [0.29, 0.717) is 6.54 Å². The molecule has 1 heterocycles. The quantitative estimate of drug-likeness (QED) is 0.820. The van der Waals surface area contributed by atoms with Gasteiger partial charge in [-0.1, -0.05) is 19.9 Å². The molecule has 0 spiro atoms. The van der Waals surface area contributed by atoms with Gasteiger partial charge in [-0.15, -0.1) is 0 Å². The van der Waals surface area contributed by atoms with Crippen molar-refractivity contribution in [2.75, 3.05) is 13.3 Å². The molecule has 1 aromatic carbocycles. The summed E-state index contributed by atoms with van der Waals surface area (Å²) < 4.78 is 10.6. The van der Waals surface area contributed by atoms with Gasteiger partial charge in [0.2, 0.25) is 12.7 Å². The minimum absolute atomic E-state index is 0.0777. The highest BCUT2D eigenvalue weighted by Gasteiger charge is 2.19. The fraction of sp³-hybridized carbons (Fsp3) is 0.533. The molecular formula is C15H21NO3. The number of fused-ring (bicyclic) bond motifs is 1. The Morgan fingerprint density at radius 1 is 1.32 bits per heavy atom. The molecule has 4 nitrogen and oxygen atoms in total. The molecule has 1 aromatic rings. The summed E-state index contributed by atoms with van der Waals surface area (Å²) in [7, 11) is 0. The molecule has 0 radical (unpaired) electrons. The van der Waals surface area contributed by atoms with Crippen LogP contribution in [-0.2, 0) is 11.3 Å². The topological polar surface area (TPSA) is 38.8 Å². The second kappa shape index (κ2) is 5.95. The summed E-state index contributed by atoms with van der Waals surface area (Å²) in [4.78, 5) is 14.1. The highest BCUT2D eigenvalue weighted by Crippen LogP contribution is 2.32. The zero-order chi connectivity index (χ0) is 13.8. The van der Waals surface area contributed by atoms with Crippen molar-refractivity contribution in [1.82, 2.24) is 4.90 Å². The van der Waals surface area contributed by atoms with Gasteiger partial charge in [0.05, 0.1) is 0 Å². The maximum Gasteiger partial charge on any atom is 0.231 e. The standard InChI is InChI=1S/C15H21NO3/c1-4-11(3)15(17)16(5-2)9-12-6-7-13-14(8-12)19-10-18-13/h6-8,11H,4-5,9-10H2,1-3H3. The Morgan fingerprint density at radius 2 is 2.05 bits per heavy atom. The second-order valence-electron chi connectivity index (χ2n) is 4.85. The number of nitrogens with zero attached hydrogens (tertiary/aromatic N) is 1. The van der Waals surface area contributed by atoms with Crippen molar-refractivity contribution in [1.29, 1.82) is 0 Å². The zero-order valence-electron chi connectivity index (χ0n) is 11.8. The molecule has 0 N–H and O–H groups in total. The van der Waals surface area contributed by atoms with Crippen molar-refractivity contribution in [3.8, 4) is 11.5 Å². The predicted octanol–water partition coefficient (Wildman–Crippen LogP) is 2.81. The van der Waals surface area contributed by atoms with Crippen LogP contribution in [-0.4, -0.2) is 24.1 Å². The van der Waals surface area contributed by atoms with Crippen LogP contribution in [0.2, 0.25) is 0 Å². The first kappa shape index (κ1) is 13.7. The molecule has 1 aliphatic heterocycles. The predicted molar refractivity (Wildman–Crippen MR) is 73.1 cm³/mol. The average molecular weight is 263 g/mol. The largest absolute Gasteiger partial charge is 0.454 e. The average Bonchev–Trinajstić information content (AvgIpc) is 2.90. The van der Waals surface area contributed by atoms with Gasteiger partial charge in [-0.2, -0.15) is 0 Å². The van der Waals surface area contributed by atoms with Crippen molar-refractivity contribution in [3.05, 3.63) is 23.8 Å². The van der Waals surface area contributed by atoms with E-state index in [1.54, 1.807) is 0 Å². The number of hydrogen-bond donors (Lipinski definition) is 0. The van der Waals surface area contributed by atoms with Crippen molar-refractivity contribution in [2.24, 2.45) is 5.92 Å². The normalized spacial score (nSPS) is 14.3. The Kier molecular flexibility index (Phi) is 4.30. The van der Waals surface area contributed by atoms with E-state index in [1.165, 1.54) is 0 Å².